The zero-order valence-electron chi connectivity index (χ0n) is 16.8. The summed E-state index contributed by atoms with van der Waals surface area (Å²) in [6.45, 7) is 9.40. The van der Waals surface area contributed by atoms with E-state index in [9.17, 15) is 9.59 Å². The largest absolute Gasteiger partial charge is 0.459 e. The molecule has 1 fully saturated rings. The van der Waals surface area contributed by atoms with Crippen LogP contribution in [-0.4, -0.2) is 67.9 Å². The first-order valence-corrected chi connectivity index (χ1v) is 9.64. The van der Waals surface area contributed by atoms with Crippen molar-refractivity contribution in [3.8, 4) is 0 Å². The predicted molar refractivity (Wildman–Crippen MR) is 110 cm³/mol. The highest BCUT2D eigenvalue weighted by Crippen LogP contribution is 2.23. The number of nitrogens with zero attached hydrogens (tertiary/aromatic N) is 3. The van der Waals surface area contributed by atoms with Gasteiger partial charge < -0.3 is 24.4 Å². The summed E-state index contributed by atoms with van der Waals surface area (Å²) in [5.41, 5.74) is 2.94. The number of furan rings is 1. The minimum Gasteiger partial charge on any atom is -0.459 e. The van der Waals surface area contributed by atoms with Gasteiger partial charge in [-0.3, -0.25) is 9.59 Å². The van der Waals surface area contributed by atoms with Crippen LogP contribution in [0, 0.1) is 6.92 Å². The number of hydrogen-bond acceptors (Lipinski definition) is 5. The fourth-order valence-electron chi connectivity index (χ4n) is 3.37. The topological polar surface area (TPSA) is 69.0 Å². The van der Waals surface area contributed by atoms with E-state index in [1.54, 1.807) is 19.2 Å². The molecule has 1 saturated heterocycles. The summed E-state index contributed by atoms with van der Waals surface area (Å²) in [4.78, 5) is 30.7. The monoisotopic (exact) mass is 384 g/mol. The Morgan fingerprint density at radius 3 is 2.54 bits per heavy atom. The zero-order chi connectivity index (χ0) is 20.1. The van der Waals surface area contributed by atoms with Crippen molar-refractivity contribution < 1.29 is 14.0 Å². The molecule has 7 heteroatoms. The molecule has 1 aromatic carbocycles. The number of amides is 2. The third-order valence-electron chi connectivity index (χ3n) is 5.13. The van der Waals surface area contributed by atoms with Crippen molar-refractivity contribution in [3.05, 3.63) is 47.9 Å². The third kappa shape index (κ3) is 4.72. The van der Waals surface area contributed by atoms with Gasteiger partial charge in [0.2, 0.25) is 5.91 Å². The first-order chi connectivity index (χ1) is 13.5. The van der Waals surface area contributed by atoms with E-state index in [2.05, 4.69) is 28.1 Å². The molecule has 0 atom stereocenters. The Balaban J connectivity index is 1.57. The van der Waals surface area contributed by atoms with Crippen molar-refractivity contribution in [1.29, 1.82) is 0 Å². The normalized spacial score (nSPS) is 14.8. The molecule has 3 rings (SSSR count). The first kappa shape index (κ1) is 19.9. The second-order valence-electron chi connectivity index (χ2n) is 7.11. The molecule has 2 amide bonds. The van der Waals surface area contributed by atoms with E-state index >= 15 is 0 Å². The van der Waals surface area contributed by atoms with E-state index in [-0.39, 0.29) is 24.1 Å². The van der Waals surface area contributed by atoms with E-state index in [4.69, 9.17) is 4.42 Å². The number of rotatable bonds is 6. The molecule has 1 aliphatic rings. The lowest BCUT2D eigenvalue weighted by molar-refractivity contribution is -0.116. The minimum atomic E-state index is -0.321. The molecular formula is C21H28N4O3. The van der Waals surface area contributed by atoms with Crippen molar-refractivity contribution in [2.24, 2.45) is 0 Å². The van der Waals surface area contributed by atoms with Crippen LogP contribution < -0.4 is 10.2 Å². The van der Waals surface area contributed by atoms with E-state index in [1.165, 1.54) is 16.9 Å². The van der Waals surface area contributed by atoms with E-state index in [1.807, 2.05) is 19.1 Å². The van der Waals surface area contributed by atoms with Gasteiger partial charge in [0.05, 0.1) is 12.8 Å². The molecule has 1 aliphatic heterocycles. The van der Waals surface area contributed by atoms with Crippen LogP contribution in [0.3, 0.4) is 0 Å². The second-order valence-corrected chi connectivity index (χ2v) is 7.11. The van der Waals surface area contributed by atoms with Gasteiger partial charge in [0.25, 0.3) is 5.91 Å². The number of benzene rings is 1. The van der Waals surface area contributed by atoms with Gasteiger partial charge in [-0.05, 0) is 49.4 Å². The number of carbonyl (C=O) groups is 2. The number of likely N-dealkylation sites (N-methyl/N-ethyl adjacent to an activating group) is 2. The fourth-order valence-corrected chi connectivity index (χ4v) is 3.37. The molecule has 0 saturated carbocycles. The molecule has 150 valence electrons. The number of nitrogens with one attached hydrogen (secondary N) is 1. The Labute approximate surface area is 165 Å². The Bertz CT molecular complexity index is 811. The van der Waals surface area contributed by atoms with Crippen molar-refractivity contribution in [1.82, 2.24) is 9.80 Å². The average Bonchev–Trinajstić information content (AvgIpc) is 3.23. The van der Waals surface area contributed by atoms with Crippen LogP contribution in [0.1, 0.15) is 23.0 Å². The molecule has 0 unspecified atom stereocenters. The molecule has 28 heavy (non-hydrogen) atoms. The molecule has 2 heterocycles. The predicted octanol–water partition coefficient (Wildman–Crippen LogP) is 2.44. The van der Waals surface area contributed by atoms with Crippen molar-refractivity contribution in [2.75, 3.05) is 56.5 Å². The number of carbonyl (C=O) groups excluding carboxylic acids is 2. The summed E-state index contributed by atoms with van der Waals surface area (Å²) in [6, 6.07) is 9.31. The average molecular weight is 384 g/mol. The quantitative estimate of drug-likeness (QED) is 0.829. The van der Waals surface area contributed by atoms with Gasteiger partial charge >= 0.3 is 0 Å². The van der Waals surface area contributed by atoms with Crippen LogP contribution in [0.25, 0.3) is 0 Å². The van der Waals surface area contributed by atoms with E-state index in [0.29, 0.717) is 0 Å². The standard InChI is InChI=1S/C21H28N4O3/c1-4-24-9-11-25(12-10-24)17-7-8-18(16(2)14-17)22-20(26)15-23(3)21(27)19-6-5-13-28-19/h5-8,13-14H,4,9-12,15H2,1-3H3,(H,22,26). The maximum absolute atomic E-state index is 12.4. The SMILES string of the molecule is CCN1CCN(c2ccc(NC(=O)CN(C)C(=O)c3ccco3)c(C)c2)CC1. The van der Waals surface area contributed by atoms with E-state index < -0.39 is 0 Å². The molecule has 7 nitrogen and oxygen atoms in total. The van der Waals surface area contributed by atoms with Crippen molar-refractivity contribution in [2.45, 2.75) is 13.8 Å². The van der Waals surface area contributed by atoms with Gasteiger partial charge in [-0.25, -0.2) is 0 Å². The van der Waals surface area contributed by atoms with Gasteiger partial charge in [-0.1, -0.05) is 6.92 Å². The molecular weight excluding hydrogens is 356 g/mol. The summed E-state index contributed by atoms with van der Waals surface area (Å²) in [5, 5.41) is 2.90. The zero-order valence-corrected chi connectivity index (χ0v) is 16.8. The minimum absolute atomic E-state index is 0.0420. The highest BCUT2D eigenvalue weighted by Gasteiger charge is 2.19. The lowest BCUT2D eigenvalue weighted by Gasteiger charge is -2.35. The lowest BCUT2D eigenvalue weighted by Crippen LogP contribution is -2.46. The van der Waals surface area contributed by atoms with Crippen molar-refractivity contribution >= 4 is 23.2 Å². The summed E-state index contributed by atoms with van der Waals surface area (Å²) in [7, 11) is 1.58. The van der Waals surface area contributed by atoms with Gasteiger partial charge in [0.15, 0.2) is 5.76 Å². The Hall–Kier alpha value is -2.80. The highest BCUT2D eigenvalue weighted by molar-refractivity contribution is 5.98. The Morgan fingerprint density at radius 1 is 1.18 bits per heavy atom. The molecule has 0 bridgehead atoms. The maximum Gasteiger partial charge on any atom is 0.289 e. The van der Waals surface area contributed by atoms with Gasteiger partial charge in [0, 0.05) is 44.6 Å². The summed E-state index contributed by atoms with van der Waals surface area (Å²) < 4.78 is 5.09. The Kier molecular flexibility index (Phi) is 6.36. The van der Waals surface area contributed by atoms with Crippen LogP contribution in [0.5, 0.6) is 0 Å². The number of anilines is 2. The molecule has 0 spiro atoms. The smallest absolute Gasteiger partial charge is 0.289 e. The van der Waals surface area contributed by atoms with Gasteiger partial charge in [-0.15, -0.1) is 0 Å². The van der Waals surface area contributed by atoms with Gasteiger partial charge in [0.1, 0.15) is 0 Å². The number of piperazine rings is 1. The fraction of sp³-hybridized carbons (Fsp3) is 0.429. The first-order valence-electron chi connectivity index (χ1n) is 9.64. The summed E-state index contributed by atoms with van der Waals surface area (Å²) in [5.74, 6) is -0.340. The van der Waals surface area contributed by atoms with Crippen LogP contribution >= 0.6 is 0 Å². The van der Waals surface area contributed by atoms with Gasteiger partial charge in [-0.2, -0.15) is 0 Å². The van der Waals surface area contributed by atoms with Crippen LogP contribution in [0.4, 0.5) is 11.4 Å². The van der Waals surface area contributed by atoms with E-state index in [0.717, 1.165) is 44.0 Å². The second kappa shape index (κ2) is 8.93. The third-order valence-corrected chi connectivity index (χ3v) is 5.13. The maximum atomic E-state index is 12.4. The highest BCUT2D eigenvalue weighted by atomic mass is 16.3. The van der Waals surface area contributed by atoms with Crippen molar-refractivity contribution in [3.63, 3.8) is 0 Å². The molecule has 2 aromatic rings. The Morgan fingerprint density at radius 2 is 1.93 bits per heavy atom. The lowest BCUT2D eigenvalue weighted by atomic mass is 10.1. The molecule has 1 N–H and O–H groups in total. The number of hydrogen-bond donors (Lipinski definition) is 1. The summed E-state index contributed by atoms with van der Waals surface area (Å²) in [6.07, 6.45) is 1.44. The molecule has 0 radical (unpaired) electrons. The van der Waals surface area contributed by atoms with Crippen LogP contribution in [0.15, 0.2) is 41.0 Å². The van der Waals surface area contributed by atoms with Crippen LogP contribution in [-0.2, 0) is 4.79 Å². The number of aryl methyl sites for hydroxylation is 1. The summed E-state index contributed by atoms with van der Waals surface area (Å²) >= 11 is 0. The van der Waals surface area contributed by atoms with Crippen LogP contribution in [0.2, 0.25) is 0 Å². The molecule has 0 aliphatic carbocycles. The molecule has 1 aromatic heterocycles.